The molecule has 130 valence electrons. The molecule has 0 fully saturated rings. The number of carboxylic acids is 1. The Hall–Kier alpha value is -1.31. The minimum absolute atomic E-state index is 0.0704. The van der Waals surface area contributed by atoms with Crippen LogP contribution in [0, 0.1) is 0 Å². The van der Waals surface area contributed by atoms with Gasteiger partial charge in [0, 0.05) is 11.6 Å². The van der Waals surface area contributed by atoms with E-state index in [0.717, 1.165) is 24.8 Å². The second-order valence-corrected chi connectivity index (χ2v) is 7.59. The Morgan fingerprint density at radius 2 is 1.78 bits per heavy atom. The van der Waals surface area contributed by atoms with E-state index >= 15 is 0 Å². The predicted octanol–water partition coefficient (Wildman–Crippen LogP) is 2.18. The van der Waals surface area contributed by atoms with Gasteiger partial charge in [-0.05, 0) is 37.0 Å². The minimum Gasteiger partial charge on any atom is -0.480 e. The van der Waals surface area contributed by atoms with Crippen LogP contribution in [-0.2, 0) is 21.2 Å². The summed E-state index contributed by atoms with van der Waals surface area (Å²) in [5.41, 5.74) is 6.66. The van der Waals surface area contributed by atoms with Gasteiger partial charge in [0.25, 0.3) is 0 Å². The molecule has 0 saturated carbocycles. The van der Waals surface area contributed by atoms with Crippen molar-refractivity contribution in [2.24, 2.45) is 5.73 Å². The lowest BCUT2D eigenvalue weighted by molar-refractivity contribution is -0.138. The van der Waals surface area contributed by atoms with Crippen LogP contribution in [0.1, 0.15) is 31.2 Å². The van der Waals surface area contributed by atoms with E-state index in [1.54, 1.807) is 24.3 Å². The van der Waals surface area contributed by atoms with Crippen molar-refractivity contribution in [3.8, 4) is 0 Å². The molecule has 0 aliphatic heterocycles. The Bertz CT molecular complexity index is 590. The van der Waals surface area contributed by atoms with Gasteiger partial charge in [-0.25, -0.2) is 8.42 Å². The first-order valence-electron chi connectivity index (χ1n) is 7.48. The summed E-state index contributed by atoms with van der Waals surface area (Å²) in [6, 6.07) is 5.58. The van der Waals surface area contributed by atoms with Crippen LogP contribution in [-0.4, -0.2) is 37.2 Å². The first-order chi connectivity index (χ1) is 10.8. The lowest BCUT2D eigenvalue weighted by Gasteiger charge is -2.10. The normalized spacial score (nSPS) is 12.8. The van der Waals surface area contributed by atoms with Crippen molar-refractivity contribution in [3.05, 3.63) is 29.8 Å². The molecule has 1 atom stereocenters. The van der Waals surface area contributed by atoms with Crippen LogP contribution in [0.3, 0.4) is 0 Å². The van der Waals surface area contributed by atoms with E-state index < -0.39 is 22.0 Å². The van der Waals surface area contributed by atoms with Gasteiger partial charge in [-0.1, -0.05) is 25.0 Å². The molecule has 23 heavy (non-hydrogen) atoms. The molecule has 0 aromatic heterocycles. The van der Waals surface area contributed by atoms with E-state index in [1.165, 1.54) is 0 Å². The number of hydrogen-bond acceptors (Lipinski definition) is 4. The van der Waals surface area contributed by atoms with E-state index in [-0.39, 0.29) is 12.2 Å². The third-order valence-electron chi connectivity index (χ3n) is 3.30. The first-order valence-corrected chi connectivity index (χ1v) is 9.66. The molecule has 6 nitrogen and oxygen atoms in total. The van der Waals surface area contributed by atoms with Crippen molar-refractivity contribution in [2.75, 3.05) is 16.4 Å². The maximum absolute atomic E-state index is 11.9. The van der Waals surface area contributed by atoms with Crippen molar-refractivity contribution in [1.82, 2.24) is 0 Å². The van der Waals surface area contributed by atoms with E-state index in [1.807, 2.05) is 0 Å². The summed E-state index contributed by atoms with van der Waals surface area (Å²) in [5.74, 6) is -0.395. The number of aliphatic carboxylic acids is 1. The number of hydrogen-bond donors (Lipinski definition) is 3. The molecule has 0 bridgehead atoms. The number of anilines is 1. The third kappa shape index (κ3) is 8.20. The number of nitrogens with two attached hydrogens (primary N) is 1. The molecule has 0 aliphatic rings. The molecule has 0 radical (unpaired) electrons. The van der Waals surface area contributed by atoms with E-state index in [4.69, 9.17) is 22.4 Å². The summed E-state index contributed by atoms with van der Waals surface area (Å²) in [6.07, 6.45) is 3.45. The lowest BCUT2D eigenvalue weighted by Crippen LogP contribution is -2.32. The topological polar surface area (TPSA) is 109 Å². The molecule has 0 unspecified atom stereocenters. The van der Waals surface area contributed by atoms with Crippen molar-refractivity contribution in [2.45, 2.75) is 38.1 Å². The molecule has 1 aromatic rings. The fourth-order valence-corrected chi connectivity index (χ4v) is 3.39. The zero-order valence-electron chi connectivity index (χ0n) is 12.9. The number of rotatable bonds is 11. The van der Waals surface area contributed by atoms with Gasteiger partial charge in [-0.15, -0.1) is 11.6 Å². The molecule has 4 N–H and O–H groups in total. The number of halogens is 1. The first kappa shape index (κ1) is 19.7. The summed E-state index contributed by atoms with van der Waals surface area (Å²) < 4.78 is 26.4. The van der Waals surface area contributed by atoms with E-state index in [0.29, 0.717) is 18.0 Å². The van der Waals surface area contributed by atoms with Crippen LogP contribution < -0.4 is 10.5 Å². The van der Waals surface area contributed by atoms with Gasteiger partial charge in [0.05, 0.1) is 5.75 Å². The molecular formula is C15H23ClN2O4S. The van der Waals surface area contributed by atoms with Crippen LogP contribution in [0.25, 0.3) is 0 Å². The molecule has 0 spiro atoms. The summed E-state index contributed by atoms with van der Waals surface area (Å²) in [4.78, 5) is 10.7. The van der Waals surface area contributed by atoms with Crippen molar-refractivity contribution < 1.29 is 18.3 Å². The number of carboxylic acid groups (broad SMARTS) is 1. The highest BCUT2D eigenvalue weighted by Crippen LogP contribution is 2.14. The Morgan fingerprint density at radius 1 is 1.17 bits per heavy atom. The Kier molecular flexibility index (Phi) is 8.36. The van der Waals surface area contributed by atoms with Crippen LogP contribution in [0.15, 0.2) is 24.3 Å². The van der Waals surface area contributed by atoms with Gasteiger partial charge < -0.3 is 10.8 Å². The van der Waals surface area contributed by atoms with Gasteiger partial charge in [-0.2, -0.15) is 0 Å². The average molecular weight is 363 g/mol. The summed E-state index contributed by atoms with van der Waals surface area (Å²) >= 11 is 5.57. The molecule has 0 aliphatic carbocycles. The Morgan fingerprint density at radius 3 is 2.35 bits per heavy atom. The van der Waals surface area contributed by atoms with Crippen LogP contribution in [0.5, 0.6) is 0 Å². The van der Waals surface area contributed by atoms with Gasteiger partial charge in [0.15, 0.2) is 0 Å². The van der Waals surface area contributed by atoms with Crippen LogP contribution in [0.4, 0.5) is 5.69 Å². The summed E-state index contributed by atoms with van der Waals surface area (Å²) in [5, 5.41) is 8.76. The highest BCUT2D eigenvalue weighted by molar-refractivity contribution is 7.92. The zero-order chi connectivity index (χ0) is 17.3. The van der Waals surface area contributed by atoms with Crippen LogP contribution >= 0.6 is 11.6 Å². The van der Waals surface area contributed by atoms with Crippen molar-refractivity contribution in [1.29, 1.82) is 0 Å². The number of unbranched alkanes of at least 4 members (excludes halogenated alkanes) is 3. The second kappa shape index (κ2) is 9.75. The summed E-state index contributed by atoms with van der Waals surface area (Å²) in [7, 11) is -3.37. The number of carbonyl (C=O) groups is 1. The number of benzene rings is 1. The molecule has 0 saturated heterocycles. The standard InChI is InChI=1S/C15H23ClN2O4S/c16-9-3-1-2-4-10-23(21,22)18-13-7-5-12(6-8-13)11-14(17)15(19)20/h5-8,14,18H,1-4,9-11,17H2,(H,19,20)/t14-/m0/s1. The quantitative estimate of drug-likeness (QED) is 0.413. The van der Waals surface area contributed by atoms with Crippen LogP contribution in [0.2, 0.25) is 0 Å². The maximum atomic E-state index is 11.9. The number of sulfonamides is 1. The Balaban J connectivity index is 2.48. The van der Waals surface area contributed by atoms with Gasteiger partial charge in [0.2, 0.25) is 10.0 Å². The average Bonchev–Trinajstić information content (AvgIpc) is 2.48. The molecule has 0 heterocycles. The predicted molar refractivity (Wildman–Crippen MR) is 92.4 cm³/mol. The second-order valence-electron chi connectivity index (χ2n) is 5.37. The van der Waals surface area contributed by atoms with Gasteiger partial charge in [-0.3, -0.25) is 9.52 Å². The molecule has 8 heteroatoms. The van der Waals surface area contributed by atoms with Gasteiger partial charge >= 0.3 is 5.97 Å². The lowest BCUT2D eigenvalue weighted by atomic mass is 10.1. The largest absolute Gasteiger partial charge is 0.480 e. The number of alkyl halides is 1. The highest BCUT2D eigenvalue weighted by atomic mass is 35.5. The van der Waals surface area contributed by atoms with Gasteiger partial charge in [0.1, 0.15) is 6.04 Å². The number of nitrogens with one attached hydrogen (secondary N) is 1. The minimum atomic E-state index is -3.37. The molecule has 1 rings (SSSR count). The third-order valence-corrected chi connectivity index (χ3v) is 4.94. The molecule has 1 aromatic carbocycles. The Labute approximate surface area is 142 Å². The molecule has 0 amide bonds. The maximum Gasteiger partial charge on any atom is 0.320 e. The fourth-order valence-electron chi connectivity index (χ4n) is 2.02. The van der Waals surface area contributed by atoms with Crippen molar-refractivity contribution in [3.63, 3.8) is 0 Å². The highest BCUT2D eigenvalue weighted by Gasteiger charge is 2.13. The smallest absolute Gasteiger partial charge is 0.320 e. The van der Waals surface area contributed by atoms with E-state index in [9.17, 15) is 13.2 Å². The SMILES string of the molecule is N[C@@H](Cc1ccc(NS(=O)(=O)CCCCCCCl)cc1)C(=O)O. The van der Waals surface area contributed by atoms with E-state index in [2.05, 4.69) is 4.72 Å². The fraction of sp³-hybridized carbons (Fsp3) is 0.533. The monoisotopic (exact) mass is 362 g/mol. The molecular weight excluding hydrogens is 340 g/mol. The zero-order valence-corrected chi connectivity index (χ0v) is 14.4. The van der Waals surface area contributed by atoms with Crippen molar-refractivity contribution >= 4 is 33.3 Å². The summed E-state index contributed by atoms with van der Waals surface area (Å²) in [6.45, 7) is 0.